The van der Waals surface area contributed by atoms with E-state index >= 15 is 0 Å². The number of unbranched alkanes of at least 4 members (excludes halogenated alkanes) is 8. The molecule has 0 saturated heterocycles. The lowest BCUT2D eigenvalue weighted by molar-refractivity contribution is -0.344. The summed E-state index contributed by atoms with van der Waals surface area (Å²) in [5.41, 5.74) is 0. The molecule has 0 aromatic carbocycles. The van der Waals surface area contributed by atoms with Crippen molar-refractivity contribution in [3.05, 3.63) is 12.2 Å². The molecule has 4 nitrogen and oxygen atoms in total. The summed E-state index contributed by atoms with van der Waals surface area (Å²) < 4.78 is 110. The number of alkyl halides is 8. The molecular weight excluding hydrogens is 456 g/mol. The second-order valence-corrected chi connectivity index (χ2v) is 7.14. The molecule has 0 aliphatic carbocycles. The smallest absolute Gasteiger partial charge is 0.381 e. The van der Waals surface area contributed by atoms with Crippen molar-refractivity contribution in [3.63, 3.8) is 0 Å². The van der Waals surface area contributed by atoms with E-state index in [1.54, 1.807) is 0 Å². The van der Waals surface area contributed by atoms with Crippen LogP contribution in [0.15, 0.2) is 12.2 Å². The average molecular weight is 484 g/mol. The lowest BCUT2D eigenvalue weighted by Gasteiger charge is -2.31. The molecule has 0 aromatic rings. The highest BCUT2D eigenvalue weighted by Crippen LogP contribution is 2.48. The van der Waals surface area contributed by atoms with Gasteiger partial charge in [-0.2, -0.15) is 26.3 Å². The number of halogens is 8. The zero-order chi connectivity index (χ0) is 24.8. The minimum atomic E-state index is -6.48. The van der Waals surface area contributed by atoms with Gasteiger partial charge in [-0.3, -0.25) is 0 Å². The number of hydrogen-bond donors (Lipinski definition) is 0. The van der Waals surface area contributed by atoms with Crippen LogP contribution >= 0.6 is 0 Å². The highest BCUT2D eigenvalue weighted by Gasteiger charge is 2.75. The number of carbonyl (C=O) groups is 2. The first kappa shape index (κ1) is 30.1. The van der Waals surface area contributed by atoms with E-state index in [1.165, 1.54) is 25.7 Å². The minimum absolute atomic E-state index is 0.0288. The molecule has 0 aliphatic rings. The first-order valence-corrected chi connectivity index (χ1v) is 10.2. The summed E-state index contributed by atoms with van der Waals surface area (Å²) in [6, 6.07) is 0. The lowest BCUT2D eigenvalue weighted by atomic mass is 10.1. The first-order valence-electron chi connectivity index (χ1n) is 10.2. The Morgan fingerprint density at radius 2 is 1.19 bits per heavy atom. The molecule has 0 rings (SSSR count). The predicted molar refractivity (Wildman–Crippen MR) is 99.1 cm³/mol. The van der Waals surface area contributed by atoms with Gasteiger partial charge in [0.25, 0.3) is 0 Å². The van der Waals surface area contributed by atoms with Crippen LogP contribution in [0.2, 0.25) is 0 Å². The van der Waals surface area contributed by atoms with Gasteiger partial charge in [0.2, 0.25) is 0 Å². The van der Waals surface area contributed by atoms with Gasteiger partial charge in [0, 0.05) is 12.2 Å². The summed E-state index contributed by atoms with van der Waals surface area (Å²) in [7, 11) is 0. The number of hydrogen-bond acceptors (Lipinski definition) is 4. The molecule has 0 aliphatic heterocycles. The maximum atomic E-state index is 13.2. The van der Waals surface area contributed by atoms with Crippen molar-refractivity contribution in [1.29, 1.82) is 0 Å². The summed E-state index contributed by atoms with van der Waals surface area (Å²) in [5, 5.41) is 0. The Morgan fingerprint density at radius 3 is 1.66 bits per heavy atom. The summed E-state index contributed by atoms with van der Waals surface area (Å²) in [4.78, 5) is 22.6. The third kappa shape index (κ3) is 10.2. The van der Waals surface area contributed by atoms with Crippen LogP contribution in [-0.2, 0) is 19.1 Å². The van der Waals surface area contributed by atoms with Crippen LogP contribution in [-0.4, -0.2) is 49.3 Å². The molecule has 188 valence electrons. The molecule has 32 heavy (non-hydrogen) atoms. The molecule has 0 fully saturated rings. The van der Waals surface area contributed by atoms with E-state index in [0.717, 1.165) is 25.7 Å². The third-order valence-electron chi connectivity index (χ3n) is 4.40. The molecule has 0 N–H and O–H groups in total. The Labute approximate surface area is 181 Å². The molecular formula is C20H28F8O4. The van der Waals surface area contributed by atoms with Crippen LogP contribution in [0.4, 0.5) is 35.1 Å². The minimum Gasteiger partial charge on any atom is -0.463 e. The molecule has 0 saturated carbocycles. The molecule has 0 heterocycles. The number of carbonyl (C=O) groups excluding carboxylic acids is 2. The van der Waals surface area contributed by atoms with E-state index in [9.17, 15) is 44.7 Å². The summed E-state index contributed by atoms with van der Waals surface area (Å²) in [5.74, 6) is -21.4. The second-order valence-electron chi connectivity index (χ2n) is 7.14. The summed E-state index contributed by atoms with van der Waals surface area (Å²) in [6.45, 7) is -0.442. The summed E-state index contributed by atoms with van der Waals surface area (Å²) >= 11 is 0. The Balaban J connectivity index is 4.20. The Bertz CT molecular complexity index is 594. The van der Waals surface area contributed by atoms with Crippen molar-refractivity contribution in [3.8, 4) is 0 Å². The van der Waals surface area contributed by atoms with Crippen LogP contribution < -0.4 is 0 Å². The molecule has 0 radical (unpaired) electrons. The van der Waals surface area contributed by atoms with Crippen LogP contribution in [0.3, 0.4) is 0 Å². The number of ether oxygens (including phenoxy) is 2. The second kappa shape index (κ2) is 14.3. The fraction of sp³-hybridized carbons (Fsp3) is 0.800. The Kier molecular flexibility index (Phi) is 13.5. The molecule has 0 unspecified atom stereocenters. The van der Waals surface area contributed by atoms with Crippen LogP contribution in [0, 0.1) is 0 Å². The van der Waals surface area contributed by atoms with E-state index in [0.29, 0.717) is 12.5 Å². The fourth-order valence-corrected chi connectivity index (χ4v) is 2.45. The van der Waals surface area contributed by atoms with Crippen molar-refractivity contribution < 1.29 is 54.2 Å². The largest absolute Gasteiger partial charge is 0.463 e. The van der Waals surface area contributed by atoms with Crippen molar-refractivity contribution in [2.24, 2.45) is 0 Å². The maximum absolute atomic E-state index is 13.2. The molecule has 0 bridgehead atoms. The van der Waals surface area contributed by atoms with Gasteiger partial charge < -0.3 is 9.47 Å². The standard InChI is InChI=1S/C20H28F8O4/c1-2-3-4-5-6-7-8-9-10-13-31-15(29)11-12-16(30)32-14-18(23,24)20(27,28)19(25,26)17(21)22/h11-12,17H,2-10,13-14H2,1H3/b12-11+. The maximum Gasteiger partial charge on any atom is 0.381 e. The van der Waals surface area contributed by atoms with Crippen molar-refractivity contribution in [2.75, 3.05) is 13.2 Å². The van der Waals surface area contributed by atoms with Crippen molar-refractivity contribution in [2.45, 2.75) is 88.9 Å². The van der Waals surface area contributed by atoms with Gasteiger partial charge >= 0.3 is 36.1 Å². The Hall–Kier alpha value is -1.88. The van der Waals surface area contributed by atoms with Crippen LogP contribution in [0.25, 0.3) is 0 Å². The van der Waals surface area contributed by atoms with Gasteiger partial charge in [-0.05, 0) is 6.42 Å². The molecule has 0 aromatic heterocycles. The van der Waals surface area contributed by atoms with Gasteiger partial charge in [0.15, 0.2) is 6.61 Å². The quantitative estimate of drug-likeness (QED) is 0.105. The zero-order valence-electron chi connectivity index (χ0n) is 17.7. The van der Waals surface area contributed by atoms with Gasteiger partial charge in [-0.1, -0.05) is 58.3 Å². The number of rotatable bonds is 17. The normalized spacial score (nSPS) is 13.1. The van der Waals surface area contributed by atoms with Crippen LogP contribution in [0.1, 0.15) is 64.7 Å². The van der Waals surface area contributed by atoms with Crippen molar-refractivity contribution >= 4 is 11.9 Å². The van der Waals surface area contributed by atoms with Gasteiger partial charge in [0.05, 0.1) is 6.61 Å². The zero-order valence-corrected chi connectivity index (χ0v) is 17.7. The molecule has 0 spiro atoms. The third-order valence-corrected chi connectivity index (χ3v) is 4.40. The lowest BCUT2D eigenvalue weighted by Crippen LogP contribution is -2.59. The van der Waals surface area contributed by atoms with Gasteiger partial charge in [0.1, 0.15) is 0 Å². The highest BCUT2D eigenvalue weighted by atomic mass is 19.4. The topological polar surface area (TPSA) is 52.6 Å². The molecule has 12 heteroatoms. The van der Waals surface area contributed by atoms with E-state index in [1.807, 2.05) is 0 Å². The summed E-state index contributed by atoms with van der Waals surface area (Å²) in [6.07, 6.45) is 4.89. The molecule has 0 atom stereocenters. The van der Waals surface area contributed by atoms with E-state index in [-0.39, 0.29) is 12.7 Å². The van der Waals surface area contributed by atoms with Gasteiger partial charge in [-0.15, -0.1) is 0 Å². The van der Waals surface area contributed by atoms with Crippen LogP contribution in [0.5, 0.6) is 0 Å². The molecule has 0 amide bonds. The SMILES string of the molecule is CCCCCCCCCCCOC(=O)/C=C/C(=O)OCC(F)(F)C(F)(F)C(F)(F)C(F)F. The van der Waals surface area contributed by atoms with E-state index < -0.39 is 42.7 Å². The number of esters is 2. The van der Waals surface area contributed by atoms with Gasteiger partial charge in [-0.25, -0.2) is 18.4 Å². The average Bonchev–Trinajstić information content (AvgIpc) is 2.71. The highest BCUT2D eigenvalue weighted by molar-refractivity contribution is 5.91. The monoisotopic (exact) mass is 484 g/mol. The Morgan fingerprint density at radius 1 is 0.750 bits per heavy atom. The van der Waals surface area contributed by atoms with E-state index in [4.69, 9.17) is 4.74 Å². The fourth-order valence-electron chi connectivity index (χ4n) is 2.45. The van der Waals surface area contributed by atoms with E-state index in [2.05, 4.69) is 11.7 Å². The predicted octanol–water partition coefficient (Wildman–Crippen LogP) is 6.33. The first-order chi connectivity index (χ1) is 14.8. The van der Waals surface area contributed by atoms with Crippen molar-refractivity contribution in [1.82, 2.24) is 0 Å².